The predicted octanol–water partition coefficient (Wildman–Crippen LogP) is 2.61. The summed E-state index contributed by atoms with van der Waals surface area (Å²) in [5.74, 6) is -0.00687. The number of rotatable bonds is 9. The number of benzene rings is 1. The lowest BCUT2D eigenvalue weighted by Gasteiger charge is -2.19. The molecule has 1 rings (SSSR count). The summed E-state index contributed by atoms with van der Waals surface area (Å²) in [6.07, 6.45) is -0.521. The van der Waals surface area contributed by atoms with E-state index >= 15 is 0 Å². The van der Waals surface area contributed by atoms with E-state index < -0.39 is 6.10 Å². The Morgan fingerprint density at radius 2 is 2.08 bits per heavy atom. The number of oxime groups is 1. The summed E-state index contributed by atoms with van der Waals surface area (Å²) in [6, 6.07) is 2.99. The molecule has 1 amide bonds. The van der Waals surface area contributed by atoms with Gasteiger partial charge >= 0.3 is 0 Å². The van der Waals surface area contributed by atoms with Gasteiger partial charge in [0.05, 0.1) is 22.0 Å². The highest BCUT2D eigenvalue weighted by molar-refractivity contribution is 6.33. The fraction of sp³-hybridized carbons (Fsp3) is 0.529. The smallest absolute Gasteiger partial charge is 0.255 e. The quantitative estimate of drug-likeness (QED) is 0.268. The van der Waals surface area contributed by atoms with Crippen molar-refractivity contribution in [2.45, 2.75) is 33.8 Å². The first-order chi connectivity index (χ1) is 11.8. The van der Waals surface area contributed by atoms with Gasteiger partial charge in [0.2, 0.25) is 0 Å². The number of carbonyl (C=O) groups is 1. The number of nitrogens with zero attached hydrogens (tertiary/aromatic N) is 2. The minimum absolute atomic E-state index is 0.279. The fourth-order valence-corrected chi connectivity index (χ4v) is 2.33. The summed E-state index contributed by atoms with van der Waals surface area (Å²) in [4.78, 5) is 14.7. The van der Waals surface area contributed by atoms with Crippen LogP contribution in [0.25, 0.3) is 0 Å². The van der Waals surface area contributed by atoms with Crippen molar-refractivity contribution in [1.29, 1.82) is 0 Å². The molecule has 0 bridgehead atoms. The van der Waals surface area contributed by atoms with Gasteiger partial charge < -0.3 is 25.9 Å². The Morgan fingerprint density at radius 3 is 2.64 bits per heavy atom. The van der Waals surface area contributed by atoms with Gasteiger partial charge in [-0.05, 0) is 33.0 Å². The summed E-state index contributed by atoms with van der Waals surface area (Å²) in [5.41, 5.74) is 6.79. The monoisotopic (exact) mass is 370 g/mol. The van der Waals surface area contributed by atoms with Gasteiger partial charge in [-0.15, -0.1) is 0 Å². The number of ether oxygens (including phenoxy) is 1. The molecule has 0 radical (unpaired) electrons. The summed E-state index contributed by atoms with van der Waals surface area (Å²) in [7, 11) is 0. The second-order valence-electron chi connectivity index (χ2n) is 5.65. The highest BCUT2D eigenvalue weighted by atomic mass is 35.5. The average molecular weight is 371 g/mol. The number of nitrogens with one attached hydrogen (secondary N) is 1. The maximum atomic E-state index is 12.5. The van der Waals surface area contributed by atoms with Crippen molar-refractivity contribution in [1.82, 2.24) is 10.2 Å². The number of hydrogen-bond acceptors (Lipinski definition) is 6. The van der Waals surface area contributed by atoms with Crippen molar-refractivity contribution in [3.63, 3.8) is 0 Å². The molecule has 140 valence electrons. The van der Waals surface area contributed by atoms with Crippen molar-refractivity contribution in [2.75, 3.05) is 31.9 Å². The van der Waals surface area contributed by atoms with Crippen LogP contribution >= 0.6 is 11.6 Å². The zero-order valence-electron chi connectivity index (χ0n) is 15.2. The molecule has 1 aromatic carbocycles. The maximum Gasteiger partial charge on any atom is 0.255 e. The molecule has 4 N–H and O–H groups in total. The molecule has 0 fully saturated rings. The zero-order chi connectivity index (χ0) is 19.0. The van der Waals surface area contributed by atoms with Crippen molar-refractivity contribution in [3.05, 3.63) is 22.7 Å². The van der Waals surface area contributed by atoms with Crippen LogP contribution in [0.2, 0.25) is 5.02 Å². The number of nitrogens with two attached hydrogens (primary N) is 1. The van der Waals surface area contributed by atoms with Gasteiger partial charge in [-0.25, -0.2) is 0 Å². The summed E-state index contributed by atoms with van der Waals surface area (Å²) in [5, 5.41) is 15.1. The molecule has 25 heavy (non-hydrogen) atoms. The van der Waals surface area contributed by atoms with Crippen LogP contribution in [0.1, 0.15) is 38.1 Å². The Bertz CT molecular complexity index is 618. The highest BCUT2D eigenvalue weighted by Crippen LogP contribution is 2.29. The third-order valence-electron chi connectivity index (χ3n) is 4.00. The molecule has 0 saturated heterocycles. The van der Waals surface area contributed by atoms with E-state index in [4.69, 9.17) is 27.3 Å². The Kier molecular flexibility index (Phi) is 8.51. The predicted molar refractivity (Wildman–Crippen MR) is 101 cm³/mol. The molecule has 1 atom stereocenters. The normalized spacial score (nSPS) is 13.0. The third kappa shape index (κ3) is 6.10. The van der Waals surface area contributed by atoms with Gasteiger partial charge in [-0.3, -0.25) is 4.79 Å². The number of hydrogen-bond donors (Lipinski definition) is 3. The first kappa shape index (κ1) is 21.1. The minimum atomic E-state index is -0.521. The molecule has 1 aromatic rings. The van der Waals surface area contributed by atoms with Gasteiger partial charge in [0.15, 0.2) is 0 Å². The lowest BCUT2D eigenvalue weighted by Crippen LogP contribution is -2.35. The molecular weight excluding hydrogens is 344 g/mol. The van der Waals surface area contributed by atoms with Crippen molar-refractivity contribution in [2.24, 2.45) is 5.16 Å². The highest BCUT2D eigenvalue weighted by Gasteiger charge is 2.18. The topological polar surface area (TPSA) is 100 Å². The van der Waals surface area contributed by atoms with Crippen LogP contribution in [0.4, 0.5) is 5.69 Å². The number of likely N-dealkylation sites (N-methyl/N-ethyl adjacent to an activating group) is 1. The van der Waals surface area contributed by atoms with E-state index in [0.717, 1.165) is 19.6 Å². The second kappa shape index (κ2) is 10.1. The number of halogens is 1. The zero-order valence-corrected chi connectivity index (χ0v) is 15.9. The second-order valence-corrected chi connectivity index (χ2v) is 6.06. The number of carbonyl (C=O) groups excluding carboxylic acids is 1. The van der Waals surface area contributed by atoms with Gasteiger partial charge in [-0.2, -0.15) is 0 Å². The van der Waals surface area contributed by atoms with Crippen molar-refractivity contribution >= 4 is 28.9 Å². The number of amides is 1. The minimum Gasteiger partial charge on any atom is -0.484 e. The largest absolute Gasteiger partial charge is 0.484 e. The van der Waals surface area contributed by atoms with Gasteiger partial charge in [-0.1, -0.05) is 30.6 Å². The first-order valence-electron chi connectivity index (χ1n) is 8.28. The van der Waals surface area contributed by atoms with E-state index in [-0.39, 0.29) is 22.2 Å². The molecule has 0 aliphatic heterocycles. The van der Waals surface area contributed by atoms with Gasteiger partial charge in [0.1, 0.15) is 11.9 Å². The first-order valence-corrected chi connectivity index (χ1v) is 8.66. The lowest BCUT2D eigenvalue weighted by molar-refractivity contribution is 0.0944. The van der Waals surface area contributed by atoms with Crippen LogP contribution in [0.15, 0.2) is 17.3 Å². The fourth-order valence-electron chi connectivity index (χ4n) is 2.16. The Labute approximate surface area is 153 Å². The number of nitrogen functional groups attached to an aromatic ring is 1. The Morgan fingerprint density at radius 1 is 1.44 bits per heavy atom. The molecule has 0 aromatic heterocycles. The standard InChI is InChI=1S/C17H27ClN4O3/c1-5-22(6-2)8-7-20-17(23)13-9-14(18)15(19)10-16(13)25-12(4)11(3)21-24/h9-10,12,24H,5-8,19H2,1-4H3,(H,20,23)/b21-11-. The molecule has 0 aliphatic carbocycles. The van der Waals surface area contributed by atoms with Gasteiger partial charge in [0, 0.05) is 19.2 Å². The summed E-state index contributed by atoms with van der Waals surface area (Å²) >= 11 is 6.05. The summed E-state index contributed by atoms with van der Waals surface area (Å²) < 4.78 is 5.72. The molecule has 0 heterocycles. The average Bonchev–Trinajstić information content (AvgIpc) is 2.60. The molecule has 7 nitrogen and oxygen atoms in total. The van der Waals surface area contributed by atoms with E-state index in [9.17, 15) is 4.79 Å². The molecule has 0 spiro atoms. The van der Waals surface area contributed by atoms with Gasteiger partial charge in [0.25, 0.3) is 5.91 Å². The van der Waals surface area contributed by atoms with Crippen LogP contribution in [-0.4, -0.2) is 54.0 Å². The molecule has 0 aliphatic rings. The third-order valence-corrected chi connectivity index (χ3v) is 4.33. The van der Waals surface area contributed by atoms with Crippen LogP contribution in [0.3, 0.4) is 0 Å². The molecular formula is C17H27ClN4O3. The van der Waals surface area contributed by atoms with E-state index in [1.165, 1.54) is 12.1 Å². The van der Waals surface area contributed by atoms with Crippen LogP contribution in [-0.2, 0) is 0 Å². The van der Waals surface area contributed by atoms with E-state index in [1.54, 1.807) is 13.8 Å². The van der Waals surface area contributed by atoms with Crippen LogP contribution < -0.4 is 15.8 Å². The Balaban J connectivity index is 2.92. The van der Waals surface area contributed by atoms with Crippen molar-refractivity contribution in [3.8, 4) is 5.75 Å². The Hall–Kier alpha value is -1.99. The molecule has 0 saturated carbocycles. The van der Waals surface area contributed by atoms with Crippen molar-refractivity contribution < 1.29 is 14.7 Å². The SMILES string of the molecule is CCN(CC)CCNC(=O)c1cc(Cl)c(N)cc1OC(C)/C(C)=N\O. The summed E-state index contributed by atoms with van der Waals surface area (Å²) in [6.45, 7) is 10.6. The van der Waals surface area contributed by atoms with Crippen LogP contribution in [0.5, 0.6) is 5.75 Å². The molecule has 1 unspecified atom stereocenters. The lowest BCUT2D eigenvalue weighted by atomic mass is 10.1. The maximum absolute atomic E-state index is 12.5. The number of anilines is 1. The van der Waals surface area contributed by atoms with E-state index in [1.807, 2.05) is 0 Å². The van der Waals surface area contributed by atoms with E-state index in [0.29, 0.717) is 17.9 Å². The molecule has 8 heteroatoms. The van der Waals surface area contributed by atoms with E-state index in [2.05, 4.69) is 29.2 Å². The van der Waals surface area contributed by atoms with Crippen LogP contribution in [0, 0.1) is 0 Å².